The van der Waals surface area contributed by atoms with Crippen LogP contribution in [0.4, 0.5) is 5.69 Å². The third-order valence-corrected chi connectivity index (χ3v) is 5.25. The predicted octanol–water partition coefficient (Wildman–Crippen LogP) is 5.26. The van der Waals surface area contributed by atoms with Gasteiger partial charge < -0.3 is 4.42 Å². The van der Waals surface area contributed by atoms with Gasteiger partial charge in [0.25, 0.3) is 5.69 Å². The van der Waals surface area contributed by atoms with Gasteiger partial charge in [-0.3, -0.25) is 10.1 Å². The Morgan fingerprint density at radius 2 is 1.73 bits per heavy atom. The third-order valence-electron chi connectivity index (χ3n) is 4.30. The van der Waals surface area contributed by atoms with Crippen molar-refractivity contribution in [1.29, 1.82) is 0 Å². The van der Waals surface area contributed by atoms with E-state index in [4.69, 9.17) is 4.42 Å². The Hall–Kier alpha value is -3.59. The fourth-order valence-corrected chi connectivity index (χ4v) is 3.66. The number of hydrogen-bond donors (Lipinski definition) is 0. The van der Waals surface area contributed by atoms with Gasteiger partial charge >= 0.3 is 0 Å². The van der Waals surface area contributed by atoms with Gasteiger partial charge in [0.1, 0.15) is 0 Å². The summed E-state index contributed by atoms with van der Waals surface area (Å²) in [5.74, 6) is 0.738. The van der Waals surface area contributed by atoms with Gasteiger partial charge in [-0.05, 0) is 32.0 Å². The molecule has 1 atom stereocenters. The van der Waals surface area contributed by atoms with Crippen LogP contribution >= 0.6 is 11.8 Å². The van der Waals surface area contributed by atoms with Crippen LogP contribution in [0.5, 0.6) is 0 Å². The molecule has 8 nitrogen and oxygen atoms in total. The number of nitro benzene ring substituents is 1. The molecular formula is C21H17N5O3S. The first-order valence-corrected chi connectivity index (χ1v) is 10.0. The molecule has 0 bridgehead atoms. The zero-order valence-electron chi connectivity index (χ0n) is 16.2. The minimum Gasteiger partial charge on any atom is -0.419 e. The van der Waals surface area contributed by atoms with E-state index in [2.05, 4.69) is 20.2 Å². The first-order valence-electron chi connectivity index (χ1n) is 9.15. The lowest BCUT2D eigenvalue weighted by Crippen LogP contribution is -1.96. The molecule has 0 N–H and O–H groups in total. The second kappa shape index (κ2) is 8.42. The standard InChI is InChI=1S/C21H17N5O3S/c1-13-12-18(15-6-4-3-5-7-15)23-21(22-13)30-14(2)19-24-25-20(29-19)16-8-10-17(11-9-16)26(27)28/h3-12,14H,1-2H3. The minimum atomic E-state index is -0.451. The zero-order valence-corrected chi connectivity index (χ0v) is 17.0. The summed E-state index contributed by atoms with van der Waals surface area (Å²) in [6, 6.07) is 17.9. The number of non-ortho nitro benzene ring substituents is 1. The highest BCUT2D eigenvalue weighted by atomic mass is 32.2. The van der Waals surface area contributed by atoms with E-state index in [1.54, 1.807) is 12.1 Å². The molecule has 0 fully saturated rings. The molecule has 2 heterocycles. The number of hydrogen-bond acceptors (Lipinski definition) is 8. The largest absolute Gasteiger partial charge is 0.419 e. The lowest BCUT2D eigenvalue weighted by atomic mass is 10.1. The number of nitrogens with zero attached hydrogens (tertiary/aromatic N) is 5. The first-order chi connectivity index (χ1) is 14.5. The smallest absolute Gasteiger partial charge is 0.269 e. The monoisotopic (exact) mass is 419 g/mol. The van der Waals surface area contributed by atoms with Gasteiger partial charge in [-0.1, -0.05) is 42.1 Å². The van der Waals surface area contributed by atoms with Gasteiger partial charge in [0.05, 0.1) is 15.9 Å². The van der Waals surface area contributed by atoms with Crippen molar-refractivity contribution in [3.63, 3.8) is 0 Å². The lowest BCUT2D eigenvalue weighted by molar-refractivity contribution is -0.384. The molecule has 0 spiro atoms. The Morgan fingerprint density at radius 3 is 2.43 bits per heavy atom. The zero-order chi connectivity index (χ0) is 21.1. The molecule has 2 aromatic carbocycles. The summed E-state index contributed by atoms with van der Waals surface area (Å²) in [4.78, 5) is 19.5. The van der Waals surface area contributed by atoms with E-state index >= 15 is 0 Å². The fourth-order valence-electron chi connectivity index (χ4n) is 2.80. The van der Waals surface area contributed by atoms with Crippen LogP contribution in [0, 0.1) is 17.0 Å². The summed E-state index contributed by atoms with van der Waals surface area (Å²) in [6.45, 7) is 3.87. The van der Waals surface area contributed by atoms with Crippen LogP contribution in [0.25, 0.3) is 22.7 Å². The minimum absolute atomic E-state index is 0.00762. The molecule has 0 saturated carbocycles. The highest BCUT2D eigenvalue weighted by molar-refractivity contribution is 7.99. The molecule has 0 aliphatic heterocycles. The number of benzene rings is 2. The number of aromatic nitrogens is 4. The van der Waals surface area contributed by atoms with Crippen LogP contribution in [-0.4, -0.2) is 25.1 Å². The molecule has 0 amide bonds. The SMILES string of the molecule is Cc1cc(-c2ccccc2)nc(SC(C)c2nnc(-c3ccc([N+](=O)[O-])cc3)o2)n1. The van der Waals surface area contributed by atoms with Crippen molar-refractivity contribution in [2.24, 2.45) is 0 Å². The molecule has 30 heavy (non-hydrogen) atoms. The highest BCUT2D eigenvalue weighted by Gasteiger charge is 2.19. The van der Waals surface area contributed by atoms with Crippen molar-refractivity contribution < 1.29 is 9.34 Å². The maximum atomic E-state index is 10.8. The second-order valence-corrected chi connectivity index (χ2v) is 7.86. The van der Waals surface area contributed by atoms with Crippen LogP contribution < -0.4 is 0 Å². The molecule has 0 aliphatic rings. The highest BCUT2D eigenvalue weighted by Crippen LogP contribution is 2.34. The van der Waals surface area contributed by atoms with Crippen LogP contribution in [0.1, 0.15) is 23.8 Å². The van der Waals surface area contributed by atoms with E-state index in [0.29, 0.717) is 22.5 Å². The molecule has 2 aromatic heterocycles. The lowest BCUT2D eigenvalue weighted by Gasteiger charge is -2.08. The van der Waals surface area contributed by atoms with E-state index < -0.39 is 4.92 Å². The number of rotatable bonds is 6. The van der Waals surface area contributed by atoms with Gasteiger partial charge in [0.2, 0.25) is 11.8 Å². The number of aryl methyl sites for hydroxylation is 1. The van der Waals surface area contributed by atoms with Crippen molar-refractivity contribution >= 4 is 17.4 Å². The van der Waals surface area contributed by atoms with Crippen LogP contribution in [0.3, 0.4) is 0 Å². The van der Waals surface area contributed by atoms with Gasteiger partial charge in [0.15, 0.2) is 5.16 Å². The van der Waals surface area contributed by atoms with Gasteiger partial charge in [-0.25, -0.2) is 9.97 Å². The average molecular weight is 419 g/mol. The predicted molar refractivity (Wildman–Crippen MR) is 113 cm³/mol. The Kier molecular flexibility index (Phi) is 5.53. The van der Waals surface area contributed by atoms with Gasteiger partial charge in [0, 0.05) is 29.0 Å². The van der Waals surface area contributed by atoms with Crippen molar-refractivity contribution in [3.8, 4) is 22.7 Å². The molecular weight excluding hydrogens is 402 g/mol. The van der Waals surface area contributed by atoms with Crippen LogP contribution in [0.2, 0.25) is 0 Å². The summed E-state index contributed by atoms with van der Waals surface area (Å²) in [6.07, 6.45) is 0. The first kappa shape index (κ1) is 19.7. The van der Waals surface area contributed by atoms with Crippen molar-refractivity contribution in [3.05, 3.63) is 82.4 Å². The Balaban J connectivity index is 1.53. The van der Waals surface area contributed by atoms with Crippen molar-refractivity contribution in [2.75, 3.05) is 0 Å². The Labute approximate surface area is 176 Å². The summed E-state index contributed by atoms with van der Waals surface area (Å²) >= 11 is 1.43. The maximum absolute atomic E-state index is 10.8. The molecule has 1 unspecified atom stereocenters. The summed E-state index contributed by atoms with van der Waals surface area (Å²) < 4.78 is 5.78. The molecule has 9 heteroatoms. The molecule has 0 aliphatic carbocycles. The van der Waals surface area contributed by atoms with Crippen molar-refractivity contribution in [1.82, 2.24) is 20.2 Å². The van der Waals surface area contributed by atoms with Crippen LogP contribution in [-0.2, 0) is 0 Å². The van der Waals surface area contributed by atoms with E-state index in [1.807, 2.05) is 50.2 Å². The second-order valence-electron chi connectivity index (χ2n) is 6.55. The van der Waals surface area contributed by atoms with Crippen molar-refractivity contribution in [2.45, 2.75) is 24.3 Å². The molecule has 0 radical (unpaired) electrons. The van der Waals surface area contributed by atoms with Crippen LogP contribution in [0.15, 0.2) is 70.2 Å². The van der Waals surface area contributed by atoms with E-state index in [1.165, 1.54) is 23.9 Å². The molecule has 4 aromatic rings. The number of thioether (sulfide) groups is 1. The Morgan fingerprint density at radius 1 is 1.00 bits per heavy atom. The summed E-state index contributed by atoms with van der Waals surface area (Å²) in [5, 5.41) is 19.4. The topological polar surface area (TPSA) is 108 Å². The van der Waals surface area contributed by atoms with E-state index in [0.717, 1.165) is 17.0 Å². The maximum Gasteiger partial charge on any atom is 0.269 e. The Bertz CT molecular complexity index is 1180. The summed E-state index contributed by atoms with van der Waals surface area (Å²) in [7, 11) is 0. The fraction of sp³-hybridized carbons (Fsp3) is 0.143. The average Bonchev–Trinajstić information content (AvgIpc) is 3.24. The molecule has 150 valence electrons. The van der Waals surface area contributed by atoms with Gasteiger partial charge in [-0.15, -0.1) is 10.2 Å². The van der Waals surface area contributed by atoms with E-state index in [-0.39, 0.29) is 10.9 Å². The number of nitro groups is 1. The molecule has 4 rings (SSSR count). The third kappa shape index (κ3) is 4.36. The molecule has 0 saturated heterocycles. The summed E-state index contributed by atoms with van der Waals surface area (Å²) in [5.41, 5.74) is 3.38. The quantitative estimate of drug-likeness (QED) is 0.180. The van der Waals surface area contributed by atoms with E-state index in [9.17, 15) is 10.1 Å². The normalized spacial score (nSPS) is 11.9. The van der Waals surface area contributed by atoms with Gasteiger partial charge in [-0.2, -0.15) is 0 Å².